The Balaban J connectivity index is 2.52. The Labute approximate surface area is 109 Å². The summed E-state index contributed by atoms with van der Waals surface area (Å²) in [5.74, 6) is -0.982. The van der Waals surface area contributed by atoms with Crippen molar-refractivity contribution in [2.45, 2.75) is 13.8 Å². The van der Waals surface area contributed by atoms with Gasteiger partial charge in [-0.25, -0.2) is 14.8 Å². The molecule has 4 heteroatoms. The number of rotatable bonds is 1. The van der Waals surface area contributed by atoms with Crippen LogP contribution in [0.1, 0.15) is 21.5 Å². The molecule has 0 aliphatic rings. The van der Waals surface area contributed by atoms with Gasteiger partial charge in [0.2, 0.25) is 0 Å². The van der Waals surface area contributed by atoms with E-state index in [4.69, 9.17) is 0 Å². The number of carbonyl (C=O) groups is 1. The third-order valence-corrected chi connectivity index (χ3v) is 3.26. The maximum absolute atomic E-state index is 11.2. The molecule has 0 saturated heterocycles. The van der Waals surface area contributed by atoms with Crippen LogP contribution in [0.4, 0.5) is 0 Å². The molecule has 0 unspecified atom stereocenters. The second-order valence-electron chi connectivity index (χ2n) is 4.60. The molecule has 0 atom stereocenters. The van der Waals surface area contributed by atoms with Crippen LogP contribution in [0.2, 0.25) is 0 Å². The van der Waals surface area contributed by atoms with Crippen molar-refractivity contribution >= 4 is 28.0 Å². The average molecular weight is 252 g/mol. The Kier molecular flexibility index (Phi) is 2.45. The van der Waals surface area contributed by atoms with Crippen molar-refractivity contribution in [3.8, 4) is 0 Å². The molecule has 2 aromatic carbocycles. The number of nitrogens with zero attached hydrogens (tertiary/aromatic N) is 2. The average Bonchev–Trinajstić information content (AvgIpc) is 2.40. The summed E-state index contributed by atoms with van der Waals surface area (Å²) in [6.07, 6.45) is 0. The van der Waals surface area contributed by atoms with Crippen LogP contribution in [0, 0.1) is 13.8 Å². The molecule has 0 fully saturated rings. The maximum atomic E-state index is 11.2. The van der Waals surface area contributed by atoms with Gasteiger partial charge in [-0.05, 0) is 37.1 Å². The van der Waals surface area contributed by atoms with Crippen LogP contribution in [0.5, 0.6) is 0 Å². The number of benzene rings is 2. The second kappa shape index (κ2) is 4.02. The first-order valence-electron chi connectivity index (χ1n) is 5.98. The Morgan fingerprint density at radius 1 is 0.947 bits per heavy atom. The number of fused-ring (bicyclic) bond motifs is 2. The lowest BCUT2D eigenvalue weighted by Gasteiger charge is -2.07. The number of hydrogen-bond donors (Lipinski definition) is 1. The molecular formula is C15H12N2O2. The highest BCUT2D eigenvalue weighted by atomic mass is 16.4. The van der Waals surface area contributed by atoms with Crippen LogP contribution >= 0.6 is 0 Å². The molecule has 94 valence electrons. The fourth-order valence-electron chi connectivity index (χ4n) is 2.21. The normalized spacial score (nSPS) is 11.1. The number of aromatic nitrogens is 2. The van der Waals surface area contributed by atoms with Crippen LogP contribution in [0.3, 0.4) is 0 Å². The highest BCUT2D eigenvalue weighted by Crippen LogP contribution is 2.23. The van der Waals surface area contributed by atoms with Gasteiger partial charge in [-0.2, -0.15) is 0 Å². The van der Waals surface area contributed by atoms with E-state index in [0.717, 1.165) is 22.2 Å². The van der Waals surface area contributed by atoms with Gasteiger partial charge < -0.3 is 5.11 Å². The summed E-state index contributed by atoms with van der Waals surface area (Å²) in [4.78, 5) is 20.3. The quantitative estimate of drug-likeness (QED) is 0.676. The van der Waals surface area contributed by atoms with Crippen LogP contribution in [-0.2, 0) is 0 Å². The lowest BCUT2D eigenvalue weighted by atomic mass is 10.1. The van der Waals surface area contributed by atoms with E-state index in [1.807, 2.05) is 26.0 Å². The van der Waals surface area contributed by atoms with Crippen molar-refractivity contribution in [2.24, 2.45) is 0 Å². The van der Waals surface area contributed by atoms with Crippen molar-refractivity contribution < 1.29 is 9.90 Å². The van der Waals surface area contributed by atoms with Gasteiger partial charge in [-0.1, -0.05) is 18.2 Å². The molecule has 0 bridgehead atoms. The summed E-state index contributed by atoms with van der Waals surface area (Å²) < 4.78 is 0. The topological polar surface area (TPSA) is 63.1 Å². The zero-order chi connectivity index (χ0) is 13.6. The number of hydrogen-bond acceptors (Lipinski definition) is 3. The standard InChI is InChI=1S/C15H12N2O2/c1-8-6-7-9(2)13-12(8)16-11-5-3-4-10(15(18)19)14(11)17-13/h3-7H,1-2H3,(H,18,19). The number of para-hydroxylation sites is 1. The summed E-state index contributed by atoms with van der Waals surface area (Å²) in [6, 6.07) is 9.00. The Morgan fingerprint density at radius 2 is 1.58 bits per heavy atom. The monoisotopic (exact) mass is 252 g/mol. The fraction of sp³-hybridized carbons (Fsp3) is 0.133. The van der Waals surface area contributed by atoms with Crippen LogP contribution < -0.4 is 0 Å². The number of aryl methyl sites for hydroxylation is 2. The minimum absolute atomic E-state index is 0.188. The van der Waals surface area contributed by atoms with E-state index in [0.29, 0.717) is 11.0 Å². The van der Waals surface area contributed by atoms with E-state index < -0.39 is 5.97 Å². The van der Waals surface area contributed by atoms with Crippen molar-refractivity contribution in [1.29, 1.82) is 0 Å². The number of carboxylic acid groups (broad SMARTS) is 1. The van der Waals surface area contributed by atoms with Crippen molar-refractivity contribution in [1.82, 2.24) is 9.97 Å². The van der Waals surface area contributed by atoms with Crippen molar-refractivity contribution in [3.63, 3.8) is 0 Å². The fourth-order valence-corrected chi connectivity index (χ4v) is 2.21. The summed E-state index contributed by atoms with van der Waals surface area (Å²) in [5, 5.41) is 9.21. The van der Waals surface area contributed by atoms with Gasteiger partial charge in [0.1, 0.15) is 5.52 Å². The van der Waals surface area contributed by atoms with Crippen LogP contribution in [0.15, 0.2) is 30.3 Å². The molecule has 19 heavy (non-hydrogen) atoms. The molecule has 3 aromatic rings. The van der Waals surface area contributed by atoms with Gasteiger partial charge in [0.25, 0.3) is 0 Å². The molecule has 0 spiro atoms. The molecule has 1 aromatic heterocycles. The molecule has 0 aliphatic heterocycles. The van der Waals surface area contributed by atoms with Crippen molar-refractivity contribution in [3.05, 3.63) is 47.0 Å². The first-order chi connectivity index (χ1) is 9.08. The van der Waals surface area contributed by atoms with Crippen molar-refractivity contribution in [2.75, 3.05) is 0 Å². The molecule has 0 amide bonds. The largest absolute Gasteiger partial charge is 0.478 e. The van der Waals surface area contributed by atoms with Crippen LogP contribution in [-0.4, -0.2) is 21.0 Å². The molecule has 3 rings (SSSR count). The zero-order valence-electron chi connectivity index (χ0n) is 10.6. The van der Waals surface area contributed by atoms with E-state index in [1.165, 1.54) is 0 Å². The summed E-state index contributed by atoms with van der Waals surface area (Å²) in [6.45, 7) is 3.93. The Bertz CT molecular complexity index is 825. The zero-order valence-corrected chi connectivity index (χ0v) is 10.6. The summed E-state index contributed by atoms with van der Waals surface area (Å²) >= 11 is 0. The molecule has 4 nitrogen and oxygen atoms in total. The number of carboxylic acids is 1. The SMILES string of the molecule is Cc1ccc(C)c2nc3c(C(=O)O)cccc3nc12. The third-order valence-electron chi connectivity index (χ3n) is 3.26. The molecule has 0 saturated carbocycles. The highest BCUT2D eigenvalue weighted by molar-refractivity contribution is 6.03. The van der Waals surface area contributed by atoms with Gasteiger partial charge in [0.05, 0.1) is 22.1 Å². The van der Waals surface area contributed by atoms with Gasteiger partial charge in [0.15, 0.2) is 0 Å². The number of aromatic carboxylic acids is 1. The summed E-state index contributed by atoms with van der Waals surface area (Å²) in [7, 11) is 0. The first-order valence-corrected chi connectivity index (χ1v) is 5.98. The minimum atomic E-state index is -0.982. The minimum Gasteiger partial charge on any atom is -0.478 e. The molecular weight excluding hydrogens is 240 g/mol. The predicted molar refractivity (Wildman–Crippen MR) is 73.5 cm³/mol. The van der Waals surface area contributed by atoms with Gasteiger partial charge >= 0.3 is 5.97 Å². The van der Waals surface area contributed by atoms with E-state index in [2.05, 4.69) is 9.97 Å². The van der Waals surface area contributed by atoms with E-state index in [9.17, 15) is 9.90 Å². The second-order valence-corrected chi connectivity index (χ2v) is 4.60. The lowest BCUT2D eigenvalue weighted by molar-refractivity contribution is 0.0699. The third kappa shape index (κ3) is 1.73. The predicted octanol–water partition coefficient (Wildman–Crippen LogP) is 3.10. The van der Waals surface area contributed by atoms with Gasteiger partial charge in [-0.15, -0.1) is 0 Å². The van der Waals surface area contributed by atoms with E-state index in [-0.39, 0.29) is 5.56 Å². The molecule has 1 heterocycles. The maximum Gasteiger partial charge on any atom is 0.337 e. The van der Waals surface area contributed by atoms with Gasteiger partial charge in [0, 0.05) is 0 Å². The van der Waals surface area contributed by atoms with Crippen LogP contribution in [0.25, 0.3) is 22.1 Å². The van der Waals surface area contributed by atoms with E-state index >= 15 is 0 Å². The Morgan fingerprint density at radius 3 is 2.21 bits per heavy atom. The molecule has 0 radical (unpaired) electrons. The van der Waals surface area contributed by atoms with Gasteiger partial charge in [-0.3, -0.25) is 0 Å². The summed E-state index contributed by atoms with van der Waals surface area (Å²) in [5.41, 5.74) is 4.87. The molecule has 1 N–H and O–H groups in total. The smallest absolute Gasteiger partial charge is 0.337 e. The molecule has 0 aliphatic carbocycles. The highest BCUT2D eigenvalue weighted by Gasteiger charge is 2.13. The Hall–Kier alpha value is -2.49. The lowest BCUT2D eigenvalue weighted by Crippen LogP contribution is -2.01. The van der Waals surface area contributed by atoms with E-state index in [1.54, 1.807) is 18.2 Å². The first kappa shape index (κ1) is 11.6.